The molecule has 1 aromatic carbocycles. The summed E-state index contributed by atoms with van der Waals surface area (Å²) in [5, 5.41) is 13.2. The summed E-state index contributed by atoms with van der Waals surface area (Å²) < 4.78 is 5.28. The number of nitrogens with one attached hydrogen (secondary N) is 1. The molecule has 106 valence electrons. The Kier molecular flexibility index (Phi) is 4.90. The zero-order valence-corrected chi connectivity index (χ0v) is 11.7. The van der Waals surface area contributed by atoms with Crippen molar-refractivity contribution in [2.75, 3.05) is 18.5 Å². The van der Waals surface area contributed by atoms with E-state index < -0.39 is 6.10 Å². The molecular formula is C15H19N3O2. The van der Waals surface area contributed by atoms with Gasteiger partial charge in [0.1, 0.15) is 5.82 Å². The fourth-order valence-corrected chi connectivity index (χ4v) is 1.85. The average Bonchev–Trinajstić information content (AvgIpc) is 2.45. The van der Waals surface area contributed by atoms with Crippen LogP contribution in [0.3, 0.4) is 0 Å². The van der Waals surface area contributed by atoms with Gasteiger partial charge in [0.15, 0.2) is 0 Å². The van der Waals surface area contributed by atoms with Gasteiger partial charge in [0.25, 0.3) is 0 Å². The number of aliphatic hydroxyl groups is 1. The third kappa shape index (κ3) is 3.93. The predicted octanol–water partition coefficient (Wildman–Crippen LogP) is 2.33. The van der Waals surface area contributed by atoms with Crippen LogP contribution >= 0.6 is 0 Å². The number of rotatable bonds is 6. The smallest absolute Gasteiger partial charge is 0.234 e. The van der Waals surface area contributed by atoms with E-state index in [9.17, 15) is 5.11 Å². The Balaban J connectivity index is 1.96. The summed E-state index contributed by atoms with van der Waals surface area (Å²) in [7, 11) is 0. The lowest BCUT2D eigenvalue weighted by Gasteiger charge is -2.13. The topological polar surface area (TPSA) is 67.3 Å². The maximum Gasteiger partial charge on any atom is 0.234 e. The molecule has 1 aromatic heterocycles. The Bertz CT molecular complexity index is 560. The van der Waals surface area contributed by atoms with Crippen LogP contribution in [0.5, 0.6) is 5.88 Å². The average molecular weight is 273 g/mol. The van der Waals surface area contributed by atoms with Gasteiger partial charge < -0.3 is 15.2 Å². The number of hydrogen-bond donors (Lipinski definition) is 2. The van der Waals surface area contributed by atoms with Crippen molar-refractivity contribution >= 4 is 5.82 Å². The number of benzene rings is 1. The van der Waals surface area contributed by atoms with Gasteiger partial charge in [-0.05, 0) is 19.4 Å². The molecule has 0 fully saturated rings. The largest absolute Gasteiger partial charge is 0.477 e. The van der Waals surface area contributed by atoms with E-state index in [0.29, 0.717) is 24.8 Å². The van der Waals surface area contributed by atoms with Gasteiger partial charge in [0.05, 0.1) is 25.1 Å². The molecule has 0 spiro atoms. The molecule has 0 bridgehead atoms. The van der Waals surface area contributed by atoms with E-state index >= 15 is 0 Å². The number of hydrogen-bond acceptors (Lipinski definition) is 5. The summed E-state index contributed by atoms with van der Waals surface area (Å²) in [6, 6.07) is 7.81. The Labute approximate surface area is 118 Å². The van der Waals surface area contributed by atoms with Crippen LogP contribution in [0.15, 0.2) is 36.7 Å². The van der Waals surface area contributed by atoms with E-state index in [2.05, 4.69) is 15.3 Å². The minimum atomic E-state index is -0.590. The molecule has 1 unspecified atom stereocenters. The lowest BCUT2D eigenvalue weighted by atomic mass is 10.1. The van der Waals surface area contributed by atoms with E-state index in [1.165, 1.54) is 0 Å². The Morgan fingerprint density at radius 2 is 2.20 bits per heavy atom. The van der Waals surface area contributed by atoms with Gasteiger partial charge in [-0.15, -0.1) is 0 Å². The second-order valence-electron chi connectivity index (χ2n) is 4.49. The van der Waals surface area contributed by atoms with Crippen LogP contribution in [0.1, 0.15) is 24.2 Å². The van der Waals surface area contributed by atoms with Crippen molar-refractivity contribution < 1.29 is 9.84 Å². The van der Waals surface area contributed by atoms with Crippen molar-refractivity contribution in [1.29, 1.82) is 0 Å². The first-order chi connectivity index (χ1) is 9.69. The zero-order chi connectivity index (χ0) is 14.4. The van der Waals surface area contributed by atoms with Crippen LogP contribution in [0.2, 0.25) is 0 Å². The third-order valence-electron chi connectivity index (χ3n) is 2.81. The number of anilines is 1. The van der Waals surface area contributed by atoms with Crippen molar-refractivity contribution in [3.8, 4) is 5.88 Å². The molecule has 0 aliphatic rings. The van der Waals surface area contributed by atoms with Gasteiger partial charge in [-0.25, -0.2) is 0 Å². The predicted molar refractivity (Wildman–Crippen MR) is 77.8 cm³/mol. The molecule has 0 amide bonds. The standard InChI is InChI=1S/C15H19N3O2/c1-3-20-15-10-16-9-14(18-15)17-8-13(19)12-6-4-5-11(2)7-12/h4-7,9-10,13,19H,3,8H2,1-2H3,(H,17,18). The number of aromatic nitrogens is 2. The summed E-state index contributed by atoms with van der Waals surface area (Å²) in [6.07, 6.45) is 2.57. The summed E-state index contributed by atoms with van der Waals surface area (Å²) in [6.45, 7) is 4.81. The van der Waals surface area contributed by atoms with Crippen molar-refractivity contribution in [1.82, 2.24) is 9.97 Å². The molecule has 20 heavy (non-hydrogen) atoms. The highest BCUT2D eigenvalue weighted by atomic mass is 16.5. The van der Waals surface area contributed by atoms with Crippen LogP contribution < -0.4 is 10.1 Å². The van der Waals surface area contributed by atoms with Gasteiger partial charge in [-0.2, -0.15) is 4.98 Å². The molecule has 1 heterocycles. The lowest BCUT2D eigenvalue weighted by molar-refractivity contribution is 0.191. The normalized spacial score (nSPS) is 11.9. The summed E-state index contributed by atoms with van der Waals surface area (Å²) >= 11 is 0. The number of ether oxygens (including phenoxy) is 1. The van der Waals surface area contributed by atoms with E-state index in [1.54, 1.807) is 12.4 Å². The molecule has 0 saturated carbocycles. The van der Waals surface area contributed by atoms with Gasteiger partial charge in [-0.3, -0.25) is 4.98 Å². The molecular weight excluding hydrogens is 254 g/mol. The summed E-state index contributed by atoms with van der Waals surface area (Å²) in [5.74, 6) is 1.06. The molecule has 0 aliphatic carbocycles. The second-order valence-corrected chi connectivity index (χ2v) is 4.49. The Morgan fingerprint density at radius 1 is 1.35 bits per heavy atom. The fraction of sp³-hybridized carbons (Fsp3) is 0.333. The van der Waals surface area contributed by atoms with Crippen LogP contribution in [-0.4, -0.2) is 28.2 Å². The molecule has 0 aliphatic heterocycles. The Morgan fingerprint density at radius 3 is 2.95 bits per heavy atom. The molecule has 2 N–H and O–H groups in total. The maximum atomic E-state index is 10.1. The highest BCUT2D eigenvalue weighted by Crippen LogP contribution is 2.15. The summed E-state index contributed by atoms with van der Waals surface area (Å²) in [5.41, 5.74) is 2.01. The summed E-state index contributed by atoms with van der Waals surface area (Å²) in [4.78, 5) is 8.28. The van der Waals surface area contributed by atoms with Gasteiger partial charge in [-0.1, -0.05) is 29.8 Å². The van der Waals surface area contributed by atoms with Gasteiger partial charge in [0, 0.05) is 6.54 Å². The van der Waals surface area contributed by atoms with Gasteiger partial charge >= 0.3 is 0 Å². The first-order valence-electron chi connectivity index (χ1n) is 6.62. The van der Waals surface area contributed by atoms with Crippen LogP contribution in [0.25, 0.3) is 0 Å². The molecule has 5 heteroatoms. The molecule has 0 radical (unpaired) electrons. The van der Waals surface area contributed by atoms with E-state index in [0.717, 1.165) is 11.1 Å². The van der Waals surface area contributed by atoms with E-state index in [-0.39, 0.29) is 0 Å². The number of aliphatic hydroxyl groups excluding tert-OH is 1. The molecule has 2 rings (SSSR count). The highest BCUT2D eigenvalue weighted by molar-refractivity contribution is 5.34. The molecule has 0 saturated heterocycles. The fourth-order valence-electron chi connectivity index (χ4n) is 1.85. The van der Waals surface area contributed by atoms with E-state index in [1.807, 2.05) is 38.1 Å². The Hall–Kier alpha value is -2.14. The SMILES string of the molecule is CCOc1cncc(NCC(O)c2cccc(C)c2)n1. The van der Waals surface area contributed by atoms with Crippen LogP contribution in [-0.2, 0) is 0 Å². The van der Waals surface area contributed by atoms with Crippen LogP contribution in [0.4, 0.5) is 5.82 Å². The first kappa shape index (κ1) is 14.3. The van der Waals surface area contributed by atoms with Crippen molar-refractivity contribution in [3.05, 3.63) is 47.8 Å². The zero-order valence-electron chi connectivity index (χ0n) is 11.7. The third-order valence-corrected chi connectivity index (χ3v) is 2.81. The minimum Gasteiger partial charge on any atom is -0.477 e. The minimum absolute atomic E-state index is 0.369. The molecule has 5 nitrogen and oxygen atoms in total. The quantitative estimate of drug-likeness (QED) is 0.845. The molecule has 1 atom stereocenters. The maximum absolute atomic E-state index is 10.1. The van der Waals surface area contributed by atoms with Gasteiger partial charge in [0.2, 0.25) is 5.88 Å². The highest BCUT2D eigenvalue weighted by Gasteiger charge is 2.08. The molecule has 2 aromatic rings. The number of nitrogens with zero attached hydrogens (tertiary/aromatic N) is 2. The van der Waals surface area contributed by atoms with Crippen molar-refractivity contribution in [2.24, 2.45) is 0 Å². The van der Waals surface area contributed by atoms with Crippen molar-refractivity contribution in [3.63, 3.8) is 0 Å². The lowest BCUT2D eigenvalue weighted by Crippen LogP contribution is -2.13. The second kappa shape index (κ2) is 6.86. The first-order valence-corrected chi connectivity index (χ1v) is 6.62. The monoisotopic (exact) mass is 273 g/mol. The van der Waals surface area contributed by atoms with Crippen LogP contribution in [0, 0.1) is 6.92 Å². The van der Waals surface area contributed by atoms with E-state index in [4.69, 9.17) is 4.74 Å². The number of aryl methyl sites for hydroxylation is 1. The van der Waals surface area contributed by atoms with Crippen molar-refractivity contribution in [2.45, 2.75) is 20.0 Å².